The Bertz CT molecular complexity index is 1500. The topological polar surface area (TPSA) is 189 Å². The number of hydrogen-bond acceptors (Lipinski definition) is 12. The second-order valence-electron chi connectivity index (χ2n) is 7.73. The fourth-order valence-electron chi connectivity index (χ4n) is 4.08. The molecular formula is C21H18O12. The zero-order valence-electron chi connectivity index (χ0n) is 17.1. The predicted octanol–water partition coefficient (Wildman–Crippen LogP) is 0.116. The molecule has 1 aliphatic rings. The maximum Gasteiger partial charge on any atom is 0.344 e. The van der Waals surface area contributed by atoms with E-state index in [1.807, 2.05) is 0 Å². The highest BCUT2D eigenvalue weighted by molar-refractivity contribution is 6.22. The summed E-state index contributed by atoms with van der Waals surface area (Å²) in [5.41, 5.74) is -2.50. The molecule has 0 saturated carbocycles. The van der Waals surface area contributed by atoms with Crippen LogP contribution in [0.5, 0.6) is 23.0 Å². The first-order chi connectivity index (χ1) is 15.6. The third kappa shape index (κ3) is 2.92. The van der Waals surface area contributed by atoms with Crippen LogP contribution in [0.25, 0.3) is 32.7 Å². The molecule has 5 N–H and O–H groups in total. The molecule has 2 aromatic carbocycles. The molecular weight excluding hydrogens is 444 g/mol. The number of aromatic hydroxyl groups is 2. The van der Waals surface area contributed by atoms with E-state index in [0.29, 0.717) is 0 Å². The second kappa shape index (κ2) is 7.22. The summed E-state index contributed by atoms with van der Waals surface area (Å²) in [5.74, 6) is -1.74. The molecule has 3 heterocycles. The van der Waals surface area contributed by atoms with Crippen molar-refractivity contribution in [3.8, 4) is 23.0 Å². The predicted molar refractivity (Wildman–Crippen MR) is 110 cm³/mol. The number of aliphatic hydroxyl groups is 3. The van der Waals surface area contributed by atoms with Crippen molar-refractivity contribution >= 4 is 32.7 Å². The zero-order chi connectivity index (χ0) is 23.8. The van der Waals surface area contributed by atoms with E-state index in [0.717, 1.165) is 6.07 Å². The van der Waals surface area contributed by atoms with Gasteiger partial charge in [0.15, 0.2) is 22.7 Å². The van der Waals surface area contributed by atoms with E-state index in [1.54, 1.807) is 0 Å². The average Bonchev–Trinajstić information content (AvgIpc) is 2.78. The Hall–Kier alpha value is -3.58. The summed E-state index contributed by atoms with van der Waals surface area (Å²) >= 11 is 0. The van der Waals surface area contributed by atoms with Crippen LogP contribution in [-0.4, -0.2) is 63.3 Å². The summed E-state index contributed by atoms with van der Waals surface area (Å²) in [6.45, 7) is 1.46. The van der Waals surface area contributed by atoms with Crippen LogP contribution >= 0.6 is 0 Å². The summed E-state index contributed by atoms with van der Waals surface area (Å²) in [4.78, 5) is 25.4. The number of rotatable bonds is 3. The molecule has 0 radical (unpaired) electrons. The highest BCUT2D eigenvalue weighted by Crippen LogP contribution is 2.45. The van der Waals surface area contributed by atoms with Crippen molar-refractivity contribution in [2.24, 2.45) is 0 Å². The van der Waals surface area contributed by atoms with Crippen LogP contribution in [0.2, 0.25) is 0 Å². The Morgan fingerprint density at radius 2 is 1.48 bits per heavy atom. The molecule has 1 aliphatic heterocycles. The molecule has 12 nitrogen and oxygen atoms in total. The molecule has 0 spiro atoms. The maximum atomic E-state index is 12.7. The Morgan fingerprint density at radius 3 is 2.15 bits per heavy atom. The molecule has 0 unspecified atom stereocenters. The molecule has 4 aromatic rings. The third-order valence-electron chi connectivity index (χ3n) is 5.77. The lowest BCUT2D eigenvalue weighted by Gasteiger charge is -2.39. The molecule has 5 atom stereocenters. The molecule has 0 aliphatic carbocycles. The van der Waals surface area contributed by atoms with E-state index in [9.17, 15) is 35.1 Å². The minimum absolute atomic E-state index is 0.0251. The third-order valence-corrected chi connectivity index (χ3v) is 5.77. The van der Waals surface area contributed by atoms with Gasteiger partial charge in [0.05, 0.1) is 24.0 Å². The first kappa shape index (κ1) is 21.3. The van der Waals surface area contributed by atoms with Gasteiger partial charge in [0, 0.05) is 10.8 Å². The molecule has 174 valence electrons. The SMILES string of the molecule is COc1c(O[C@H]2O[C@H](C)[C@@H](O)[C@H](O)[C@@H]2O)cc2c(=O)oc3c(O)c(O)cc4c(=O)oc1c2c34. The minimum Gasteiger partial charge on any atom is -0.504 e. The normalized spacial score (nSPS) is 25.8. The van der Waals surface area contributed by atoms with E-state index in [2.05, 4.69) is 0 Å². The van der Waals surface area contributed by atoms with E-state index < -0.39 is 59.0 Å². The molecule has 1 saturated heterocycles. The van der Waals surface area contributed by atoms with Gasteiger partial charge in [-0.05, 0) is 19.1 Å². The van der Waals surface area contributed by atoms with E-state index in [4.69, 9.17) is 23.0 Å². The van der Waals surface area contributed by atoms with Crippen LogP contribution in [0.15, 0.2) is 30.6 Å². The van der Waals surface area contributed by atoms with Crippen LogP contribution in [-0.2, 0) is 4.74 Å². The number of aliphatic hydroxyl groups excluding tert-OH is 3. The number of ether oxygens (including phenoxy) is 3. The van der Waals surface area contributed by atoms with Gasteiger partial charge in [0.25, 0.3) is 0 Å². The number of methoxy groups -OCH3 is 1. The molecule has 12 heteroatoms. The van der Waals surface area contributed by atoms with Crippen molar-refractivity contribution in [1.82, 2.24) is 0 Å². The van der Waals surface area contributed by atoms with Gasteiger partial charge in [-0.3, -0.25) is 0 Å². The van der Waals surface area contributed by atoms with Gasteiger partial charge < -0.3 is 48.6 Å². The highest BCUT2D eigenvalue weighted by atomic mass is 16.7. The van der Waals surface area contributed by atoms with Crippen molar-refractivity contribution in [3.05, 3.63) is 33.0 Å². The molecule has 1 fully saturated rings. The van der Waals surface area contributed by atoms with Crippen LogP contribution in [0.1, 0.15) is 6.92 Å². The highest BCUT2D eigenvalue weighted by Gasteiger charge is 2.43. The number of hydrogen-bond donors (Lipinski definition) is 5. The molecule has 0 amide bonds. The number of benzene rings is 2. The Morgan fingerprint density at radius 1 is 0.879 bits per heavy atom. The smallest absolute Gasteiger partial charge is 0.344 e. The van der Waals surface area contributed by atoms with Gasteiger partial charge in [-0.15, -0.1) is 0 Å². The van der Waals surface area contributed by atoms with Gasteiger partial charge >= 0.3 is 11.3 Å². The fourth-order valence-corrected chi connectivity index (χ4v) is 4.08. The van der Waals surface area contributed by atoms with Gasteiger partial charge in [-0.25, -0.2) is 9.59 Å². The summed E-state index contributed by atoms with van der Waals surface area (Å²) in [5, 5.41) is 50.1. The second-order valence-corrected chi connectivity index (χ2v) is 7.73. The Balaban J connectivity index is 1.79. The molecule has 33 heavy (non-hydrogen) atoms. The summed E-state index contributed by atoms with van der Waals surface area (Å²) in [6, 6.07) is 2.19. The lowest BCUT2D eigenvalue weighted by molar-refractivity contribution is -0.268. The maximum absolute atomic E-state index is 12.7. The molecule has 5 rings (SSSR count). The first-order valence-electron chi connectivity index (χ1n) is 9.79. The van der Waals surface area contributed by atoms with Crippen molar-refractivity contribution in [3.63, 3.8) is 0 Å². The standard InChI is InChI=1S/C21H18O12/c1-5-12(23)14(25)15(26)21(30-5)31-9-4-7-11-10-6(19(27)33-18(11)16(9)29-2)3-8(22)13(24)17(10)32-20(7)28/h3-5,12,14-15,21-26H,1-2H3/t5-,12-,14+,15+,21-/m1/s1. The van der Waals surface area contributed by atoms with Crippen LogP contribution in [0.4, 0.5) is 0 Å². The minimum atomic E-state index is -1.66. The van der Waals surface area contributed by atoms with E-state index >= 15 is 0 Å². The quantitative estimate of drug-likeness (QED) is 0.157. The summed E-state index contributed by atoms with van der Waals surface area (Å²) in [7, 11) is 1.24. The Kier molecular flexibility index (Phi) is 4.65. The largest absolute Gasteiger partial charge is 0.504 e. The number of phenols is 2. The van der Waals surface area contributed by atoms with E-state index in [1.165, 1.54) is 20.1 Å². The molecule has 2 aromatic heterocycles. The van der Waals surface area contributed by atoms with Gasteiger partial charge in [-0.2, -0.15) is 0 Å². The summed E-state index contributed by atoms with van der Waals surface area (Å²) in [6.07, 6.45) is -6.96. The van der Waals surface area contributed by atoms with Crippen LogP contribution < -0.4 is 20.7 Å². The van der Waals surface area contributed by atoms with Crippen molar-refractivity contribution in [1.29, 1.82) is 0 Å². The van der Waals surface area contributed by atoms with Gasteiger partial charge in [-0.1, -0.05) is 0 Å². The zero-order valence-corrected chi connectivity index (χ0v) is 17.1. The van der Waals surface area contributed by atoms with E-state index in [-0.39, 0.29) is 38.6 Å². The van der Waals surface area contributed by atoms with Crippen LogP contribution in [0, 0.1) is 0 Å². The van der Waals surface area contributed by atoms with Crippen molar-refractivity contribution < 1.29 is 48.6 Å². The van der Waals surface area contributed by atoms with Gasteiger partial charge in [0.2, 0.25) is 17.8 Å². The van der Waals surface area contributed by atoms with Crippen molar-refractivity contribution in [2.45, 2.75) is 37.6 Å². The average molecular weight is 462 g/mol. The first-order valence-corrected chi connectivity index (χ1v) is 9.79. The summed E-state index contributed by atoms with van der Waals surface area (Å²) < 4.78 is 27.0. The Labute approximate surface area is 182 Å². The van der Waals surface area contributed by atoms with Gasteiger partial charge in [0.1, 0.15) is 18.3 Å². The van der Waals surface area contributed by atoms with Crippen LogP contribution in [0.3, 0.4) is 0 Å². The van der Waals surface area contributed by atoms with Crippen molar-refractivity contribution in [2.75, 3.05) is 7.11 Å². The molecule has 0 bridgehead atoms. The lowest BCUT2D eigenvalue weighted by Crippen LogP contribution is -2.58. The monoisotopic (exact) mass is 462 g/mol. The fraction of sp³-hybridized carbons (Fsp3) is 0.333. The lowest BCUT2D eigenvalue weighted by atomic mass is 10.00. The number of phenolic OH excluding ortho intramolecular Hbond substituents is 2.